The first-order valence-corrected chi connectivity index (χ1v) is 5.95. The topological polar surface area (TPSA) is 26.0 Å². The van der Waals surface area contributed by atoms with E-state index in [4.69, 9.17) is 5.73 Å². The molecule has 1 rings (SSSR count). The van der Waals surface area contributed by atoms with Crippen LogP contribution in [0.5, 0.6) is 0 Å². The van der Waals surface area contributed by atoms with Crippen molar-refractivity contribution in [3.05, 3.63) is 29.8 Å². The predicted octanol–water partition coefficient (Wildman–Crippen LogP) is 3.21. The molecule has 0 spiro atoms. The summed E-state index contributed by atoms with van der Waals surface area (Å²) in [7, 11) is 0. The summed E-state index contributed by atoms with van der Waals surface area (Å²) in [6, 6.07) is 8.91. The lowest BCUT2D eigenvalue weighted by Gasteiger charge is -2.13. The van der Waals surface area contributed by atoms with Crippen LogP contribution >= 0.6 is 11.8 Å². The molecule has 0 fully saturated rings. The summed E-state index contributed by atoms with van der Waals surface area (Å²) in [5.41, 5.74) is 7.09. The SMILES string of the molecule is Cc1cccc(SC(C)CC(C)N)c1. The van der Waals surface area contributed by atoms with Gasteiger partial charge in [0.05, 0.1) is 0 Å². The zero-order valence-electron chi connectivity index (χ0n) is 9.16. The minimum atomic E-state index is 0.294. The minimum absolute atomic E-state index is 0.294. The molecule has 2 unspecified atom stereocenters. The Morgan fingerprint density at radius 1 is 1.36 bits per heavy atom. The van der Waals surface area contributed by atoms with Crippen LogP contribution in [-0.2, 0) is 0 Å². The molecule has 78 valence electrons. The largest absolute Gasteiger partial charge is 0.328 e. The molecular weight excluding hydrogens is 190 g/mol. The van der Waals surface area contributed by atoms with Gasteiger partial charge >= 0.3 is 0 Å². The van der Waals surface area contributed by atoms with Crippen LogP contribution < -0.4 is 5.73 Å². The maximum Gasteiger partial charge on any atom is 0.00806 e. The maximum atomic E-state index is 5.76. The molecule has 1 aromatic rings. The molecule has 1 nitrogen and oxygen atoms in total. The van der Waals surface area contributed by atoms with Crippen molar-refractivity contribution in [2.24, 2.45) is 5.73 Å². The van der Waals surface area contributed by atoms with E-state index in [1.807, 2.05) is 11.8 Å². The molecule has 0 saturated heterocycles. The molecule has 0 aromatic heterocycles. The van der Waals surface area contributed by atoms with Gasteiger partial charge in [0.25, 0.3) is 0 Å². The Hall–Kier alpha value is -0.470. The molecule has 0 bridgehead atoms. The zero-order valence-corrected chi connectivity index (χ0v) is 9.97. The van der Waals surface area contributed by atoms with Crippen molar-refractivity contribution >= 4 is 11.8 Å². The van der Waals surface area contributed by atoms with Gasteiger partial charge in [-0.1, -0.05) is 24.6 Å². The van der Waals surface area contributed by atoms with Gasteiger partial charge in [-0.3, -0.25) is 0 Å². The van der Waals surface area contributed by atoms with Crippen LogP contribution in [0.25, 0.3) is 0 Å². The average molecular weight is 209 g/mol. The van der Waals surface area contributed by atoms with Gasteiger partial charge in [-0.25, -0.2) is 0 Å². The van der Waals surface area contributed by atoms with Crippen LogP contribution in [-0.4, -0.2) is 11.3 Å². The molecule has 0 radical (unpaired) electrons. The molecule has 0 aliphatic heterocycles. The van der Waals surface area contributed by atoms with Crippen LogP contribution in [0.15, 0.2) is 29.2 Å². The Morgan fingerprint density at radius 2 is 2.07 bits per heavy atom. The lowest BCUT2D eigenvalue weighted by molar-refractivity contribution is 0.663. The third kappa shape index (κ3) is 4.16. The van der Waals surface area contributed by atoms with Crippen molar-refractivity contribution in [2.45, 2.75) is 43.4 Å². The van der Waals surface area contributed by atoms with Gasteiger partial charge in [-0.05, 0) is 32.4 Å². The van der Waals surface area contributed by atoms with Gasteiger partial charge in [0.15, 0.2) is 0 Å². The van der Waals surface area contributed by atoms with Gasteiger partial charge in [0, 0.05) is 16.2 Å². The third-order valence-corrected chi connectivity index (χ3v) is 3.15. The number of rotatable bonds is 4. The van der Waals surface area contributed by atoms with Crippen LogP contribution in [0.1, 0.15) is 25.8 Å². The summed E-state index contributed by atoms with van der Waals surface area (Å²) in [5.74, 6) is 0. The first-order valence-electron chi connectivity index (χ1n) is 5.07. The fourth-order valence-electron chi connectivity index (χ4n) is 1.49. The van der Waals surface area contributed by atoms with E-state index in [0.29, 0.717) is 11.3 Å². The van der Waals surface area contributed by atoms with Crippen molar-refractivity contribution in [2.75, 3.05) is 0 Å². The molecule has 2 heteroatoms. The normalized spacial score (nSPS) is 15.1. The Balaban J connectivity index is 2.51. The smallest absolute Gasteiger partial charge is 0.00806 e. The first kappa shape index (κ1) is 11.6. The number of hydrogen-bond donors (Lipinski definition) is 1. The molecule has 2 N–H and O–H groups in total. The molecule has 0 aliphatic carbocycles. The molecular formula is C12H19NS. The molecule has 2 atom stereocenters. The fraction of sp³-hybridized carbons (Fsp3) is 0.500. The van der Waals surface area contributed by atoms with Crippen molar-refractivity contribution in [3.8, 4) is 0 Å². The second-order valence-corrected chi connectivity index (χ2v) is 5.47. The van der Waals surface area contributed by atoms with E-state index in [0.717, 1.165) is 6.42 Å². The summed E-state index contributed by atoms with van der Waals surface area (Å²) in [5, 5.41) is 0.594. The monoisotopic (exact) mass is 209 g/mol. The molecule has 0 amide bonds. The lowest BCUT2D eigenvalue weighted by Crippen LogP contribution is -2.19. The summed E-state index contributed by atoms with van der Waals surface area (Å²) in [4.78, 5) is 1.35. The second kappa shape index (κ2) is 5.42. The van der Waals surface area contributed by atoms with Gasteiger partial charge in [-0.15, -0.1) is 11.8 Å². The Kier molecular flexibility index (Phi) is 4.49. The van der Waals surface area contributed by atoms with E-state index in [9.17, 15) is 0 Å². The first-order chi connectivity index (χ1) is 6.58. The van der Waals surface area contributed by atoms with Gasteiger partial charge < -0.3 is 5.73 Å². The molecule has 0 heterocycles. The van der Waals surface area contributed by atoms with E-state index >= 15 is 0 Å². The van der Waals surface area contributed by atoms with Crippen molar-refractivity contribution in [3.63, 3.8) is 0 Å². The molecule has 1 aromatic carbocycles. The van der Waals surface area contributed by atoms with E-state index < -0.39 is 0 Å². The molecule has 0 aliphatic rings. The standard InChI is InChI=1S/C12H19NS/c1-9-5-4-6-12(7-9)14-11(3)8-10(2)13/h4-7,10-11H,8,13H2,1-3H3. The fourth-order valence-corrected chi connectivity index (χ4v) is 2.77. The Morgan fingerprint density at radius 3 is 2.64 bits per heavy atom. The van der Waals surface area contributed by atoms with Gasteiger partial charge in [0.2, 0.25) is 0 Å². The number of thioether (sulfide) groups is 1. The predicted molar refractivity (Wildman–Crippen MR) is 64.8 cm³/mol. The van der Waals surface area contributed by atoms with Crippen molar-refractivity contribution in [1.29, 1.82) is 0 Å². The highest BCUT2D eigenvalue weighted by atomic mass is 32.2. The van der Waals surface area contributed by atoms with E-state index in [1.165, 1.54) is 10.5 Å². The van der Waals surface area contributed by atoms with E-state index in [2.05, 4.69) is 45.0 Å². The summed E-state index contributed by atoms with van der Waals surface area (Å²) >= 11 is 1.91. The minimum Gasteiger partial charge on any atom is -0.328 e. The third-order valence-electron chi connectivity index (χ3n) is 2.03. The van der Waals surface area contributed by atoms with Crippen LogP contribution in [0, 0.1) is 6.92 Å². The number of aryl methyl sites for hydroxylation is 1. The Labute approximate surface area is 91.1 Å². The van der Waals surface area contributed by atoms with Crippen LogP contribution in [0.2, 0.25) is 0 Å². The summed E-state index contributed by atoms with van der Waals surface area (Å²) in [6.07, 6.45) is 1.07. The second-order valence-electron chi connectivity index (χ2n) is 3.96. The maximum absolute atomic E-state index is 5.76. The number of nitrogens with two attached hydrogens (primary N) is 1. The van der Waals surface area contributed by atoms with Crippen LogP contribution in [0.4, 0.5) is 0 Å². The van der Waals surface area contributed by atoms with Crippen molar-refractivity contribution < 1.29 is 0 Å². The molecule has 14 heavy (non-hydrogen) atoms. The Bertz CT molecular complexity index is 283. The number of benzene rings is 1. The highest BCUT2D eigenvalue weighted by molar-refractivity contribution is 7.99. The number of hydrogen-bond acceptors (Lipinski definition) is 2. The average Bonchev–Trinajstić information content (AvgIpc) is 2.01. The zero-order chi connectivity index (χ0) is 10.6. The summed E-state index contributed by atoms with van der Waals surface area (Å²) in [6.45, 7) is 6.42. The highest BCUT2D eigenvalue weighted by Crippen LogP contribution is 2.26. The van der Waals surface area contributed by atoms with E-state index in [-0.39, 0.29) is 0 Å². The van der Waals surface area contributed by atoms with E-state index in [1.54, 1.807) is 0 Å². The quantitative estimate of drug-likeness (QED) is 0.771. The van der Waals surface area contributed by atoms with Crippen molar-refractivity contribution in [1.82, 2.24) is 0 Å². The van der Waals surface area contributed by atoms with Crippen LogP contribution in [0.3, 0.4) is 0 Å². The van der Waals surface area contributed by atoms with Gasteiger partial charge in [-0.2, -0.15) is 0 Å². The lowest BCUT2D eigenvalue weighted by atomic mass is 10.2. The van der Waals surface area contributed by atoms with Gasteiger partial charge in [0.1, 0.15) is 0 Å². The highest BCUT2D eigenvalue weighted by Gasteiger charge is 2.06. The molecule has 0 saturated carbocycles. The summed E-state index contributed by atoms with van der Waals surface area (Å²) < 4.78 is 0.